The van der Waals surface area contributed by atoms with Crippen LogP contribution in [0.25, 0.3) is 0 Å². The fourth-order valence-electron chi connectivity index (χ4n) is 1.09. The van der Waals surface area contributed by atoms with E-state index in [0.29, 0.717) is 6.07 Å². The van der Waals surface area contributed by atoms with Crippen molar-refractivity contribution >= 4 is 5.69 Å². The van der Waals surface area contributed by atoms with Crippen LogP contribution in [-0.4, -0.2) is 16.3 Å². The molecule has 0 spiro atoms. The highest BCUT2D eigenvalue weighted by molar-refractivity contribution is 5.42. The average Bonchev–Trinajstić information content (AvgIpc) is 2.14. The van der Waals surface area contributed by atoms with E-state index in [4.69, 9.17) is 0 Å². The molecule has 0 fully saturated rings. The SMILES string of the molecule is Cc1nc(OC(F)(F)F)c(CF)cc1[N+](=O)[O-]. The van der Waals surface area contributed by atoms with E-state index in [1.54, 1.807) is 0 Å². The Morgan fingerprint density at radius 1 is 1.53 bits per heavy atom. The Balaban J connectivity index is 3.24. The molecule has 0 saturated heterocycles. The molecule has 94 valence electrons. The monoisotopic (exact) mass is 254 g/mol. The lowest BCUT2D eigenvalue weighted by Crippen LogP contribution is -2.19. The van der Waals surface area contributed by atoms with Crippen LogP contribution in [0, 0.1) is 17.0 Å². The summed E-state index contributed by atoms with van der Waals surface area (Å²) >= 11 is 0. The molecule has 0 amide bonds. The topological polar surface area (TPSA) is 65.3 Å². The molecule has 0 saturated carbocycles. The number of nitro groups is 1. The molecule has 0 bridgehead atoms. The van der Waals surface area contributed by atoms with Crippen molar-refractivity contribution in [2.45, 2.75) is 20.0 Å². The number of rotatable bonds is 3. The van der Waals surface area contributed by atoms with Gasteiger partial charge in [-0.05, 0) is 6.92 Å². The van der Waals surface area contributed by atoms with Gasteiger partial charge in [-0.1, -0.05) is 0 Å². The van der Waals surface area contributed by atoms with Crippen molar-refractivity contribution in [1.29, 1.82) is 0 Å². The molecule has 0 N–H and O–H groups in total. The fraction of sp³-hybridized carbons (Fsp3) is 0.375. The van der Waals surface area contributed by atoms with Crippen LogP contribution in [0.3, 0.4) is 0 Å². The minimum Gasteiger partial charge on any atom is -0.387 e. The zero-order chi connectivity index (χ0) is 13.2. The zero-order valence-electron chi connectivity index (χ0n) is 8.42. The first-order chi connectivity index (χ1) is 7.74. The Hall–Kier alpha value is -1.93. The van der Waals surface area contributed by atoms with E-state index < -0.39 is 35.1 Å². The van der Waals surface area contributed by atoms with E-state index in [2.05, 4.69) is 9.72 Å². The summed E-state index contributed by atoms with van der Waals surface area (Å²) in [6, 6.07) is 0.670. The third kappa shape index (κ3) is 3.26. The Morgan fingerprint density at radius 2 is 2.12 bits per heavy atom. The van der Waals surface area contributed by atoms with Gasteiger partial charge in [0.05, 0.1) is 10.5 Å². The molecule has 1 aromatic rings. The minimum absolute atomic E-state index is 0.286. The first-order valence-electron chi connectivity index (χ1n) is 4.21. The van der Waals surface area contributed by atoms with Gasteiger partial charge in [-0.15, -0.1) is 13.2 Å². The molecule has 0 atom stereocenters. The van der Waals surface area contributed by atoms with Gasteiger partial charge in [-0.2, -0.15) is 0 Å². The molecule has 0 aliphatic carbocycles. The number of aromatic nitrogens is 1. The van der Waals surface area contributed by atoms with Crippen molar-refractivity contribution < 1.29 is 27.2 Å². The van der Waals surface area contributed by atoms with Crippen molar-refractivity contribution in [2.24, 2.45) is 0 Å². The zero-order valence-corrected chi connectivity index (χ0v) is 8.42. The summed E-state index contributed by atoms with van der Waals surface area (Å²) in [5.41, 5.74) is -1.47. The van der Waals surface area contributed by atoms with E-state index >= 15 is 0 Å². The smallest absolute Gasteiger partial charge is 0.387 e. The van der Waals surface area contributed by atoms with E-state index in [0.717, 1.165) is 6.92 Å². The standard InChI is InChI=1S/C8H6F4N2O3/c1-4-6(14(15)16)2-5(3-9)7(13-4)17-8(10,11)12/h2H,3H2,1H3. The van der Waals surface area contributed by atoms with Crippen molar-refractivity contribution in [2.75, 3.05) is 0 Å². The molecule has 0 aliphatic heterocycles. The second kappa shape index (κ2) is 4.52. The van der Waals surface area contributed by atoms with Crippen molar-refractivity contribution in [1.82, 2.24) is 4.98 Å². The highest BCUT2D eigenvalue weighted by atomic mass is 19.4. The van der Waals surface area contributed by atoms with Crippen LogP contribution >= 0.6 is 0 Å². The number of aryl methyl sites for hydroxylation is 1. The summed E-state index contributed by atoms with van der Waals surface area (Å²) < 4.78 is 51.7. The van der Waals surface area contributed by atoms with Gasteiger partial charge in [0.25, 0.3) is 5.69 Å². The number of hydrogen-bond acceptors (Lipinski definition) is 4. The fourth-order valence-corrected chi connectivity index (χ4v) is 1.09. The van der Waals surface area contributed by atoms with Gasteiger partial charge in [0.2, 0.25) is 5.88 Å². The molecule has 0 aromatic carbocycles. The summed E-state index contributed by atoms with van der Waals surface area (Å²) in [5.74, 6) is -1.01. The predicted molar refractivity (Wildman–Crippen MR) is 47.1 cm³/mol. The van der Waals surface area contributed by atoms with Gasteiger partial charge in [-0.25, -0.2) is 9.37 Å². The average molecular weight is 254 g/mol. The second-order valence-electron chi connectivity index (χ2n) is 3.00. The van der Waals surface area contributed by atoms with Gasteiger partial charge < -0.3 is 4.74 Å². The highest BCUT2D eigenvalue weighted by Crippen LogP contribution is 2.29. The number of alkyl halides is 4. The van der Waals surface area contributed by atoms with Crippen LogP contribution in [0.1, 0.15) is 11.3 Å². The van der Waals surface area contributed by atoms with Crippen LogP contribution in [0.2, 0.25) is 0 Å². The van der Waals surface area contributed by atoms with Crippen molar-refractivity contribution in [3.63, 3.8) is 0 Å². The summed E-state index contributed by atoms with van der Waals surface area (Å²) in [6.07, 6.45) is -5.03. The van der Waals surface area contributed by atoms with Gasteiger partial charge in [-0.3, -0.25) is 10.1 Å². The highest BCUT2D eigenvalue weighted by Gasteiger charge is 2.33. The van der Waals surface area contributed by atoms with E-state index in [9.17, 15) is 27.7 Å². The summed E-state index contributed by atoms with van der Waals surface area (Å²) in [5, 5.41) is 10.5. The van der Waals surface area contributed by atoms with Crippen molar-refractivity contribution in [3.8, 4) is 5.88 Å². The number of pyridine rings is 1. The molecular weight excluding hydrogens is 248 g/mol. The quantitative estimate of drug-likeness (QED) is 0.472. The normalized spacial score (nSPS) is 11.4. The maximum atomic E-state index is 12.4. The third-order valence-corrected chi connectivity index (χ3v) is 1.78. The Labute approximate surface area is 92.2 Å². The van der Waals surface area contributed by atoms with Crippen LogP contribution in [0.15, 0.2) is 6.07 Å². The number of halogens is 4. The molecular formula is C8H6F4N2O3. The van der Waals surface area contributed by atoms with Crippen LogP contribution in [-0.2, 0) is 6.67 Å². The lowest BCUT2D eigenvalue weighted by Gasteiger charge is -2.11. The second-order valence-corrected chi connectivity index (χ2v) is 3.00. The summed E-state index contributed by atoms with van der Waals surface area (Å²) in [6.45, 7) is -0.219. The molecule has 0 unspecified atom stereocenters. The minimum atomic E-state index is -5.03. The Bertz CT molecular complexity index is 447. The van der Waals surface area contributed by atoms with Crippen LogP contribution in [0.5, 0.6) is 5.88 Å². The summed E-state index contributed by atoms with van der Waals surface area (Å²) in [4.78, 5) is 12.8. The van der Waals surface area contributed by atoms with Gasteiger partial charge in [0, 0.05) is 6.07 Å². The van der Waals surface area contributed by atoms with Gasteiger partial charge in [0.15, 0.2) is 0 Å². The van der Waals surface area contributed by atoms with Crippen LogP contribution in [0.4, 0.5) is 23.2 Å². The molecule has 1 aromatic heterocycles. The third-order valence-electron chi connectivity index (χ3n) is 1.78. The predicted octanol–water partition coefficient (Wildman–Crippen LogP) is 2.67. The lowest BCUT2D eigenvalue weighted by atomic mass is 10.2. The maximum Gasteiger partial charge on any atom is 0.574 e. The maximum absolute atomic E-state index is 12.4. The largest absolute Gasteiger partial charge is 0.574 e. The van der Waals surface area contributed by atoms with Crippen molar-refractivity contribution in [3.05, 3.63) is 27.4 Å². The molecule has 1 rings (SSSR count). The molecule has 0 radical (unpaired) electrons. The molecule has 1 heterocycles. The molecule has 9 heteroatoms. The van der Waals surface area contributed by atoms with Gasteiger partial charge >= 0.3 is 6.36 Å². The number of hydrogen-bond donors (Lipinski definition) is 0. The first kappa shape index (κ1) is 13.1. The molecule has 17 heavy (non-hydrogen) atoms. The summed E-state index contributed by atoms with van der Waals surface area (Å²) in [7, 11) is 0. The molecule has 0 aliphatic rings. The Kier molecular flexibility index (Phi) is 3.49. The first-order valence-corrected chi connectivity index (χ1v) is 4.21. The number of nitrogens with zero attached hydrogens (tertiary/aromatic N) is 2. The van der Waals surface area contributed by atoms with Gasteiger partial charge in [0.1, 0.15) is 12.4 Å². The Morgan fingerprint density at radius 3 is 2.53 bits per heavy atom. The van der Waals surface area contributed by atoms with E-state index in [-0.39, 0.29) is 5.69 Å². The van der Waals surface area contributed by atoms with Crippen LogP contribution < -0.4 is 4.74 Å². The van der Waals surface area contributed by atoms with E-state index in [1.165, 1.54) is 0 Å². The number of ether oxygens (including phenoxy) is 1. The molecule has 5 nitrogen and oxygen atoms in total. The van der Waals surface area contributed by atoms with E-state index in [1.807, 2.05) is 0 Å². The lowest BCUT2D eigenvalue weighted by molar-refractivity contribution is -0.385.